The first-order valence-corrected chi connectivity index (χ1v) is 9.70. The van der Waals surface area contributed by atoms with Crippen molar-refractivity contribution in [3.63, 3.8) is 0 Å². The smallest absolute Gasteiger partial charge is 0.305 e. The lowest BCUT2D eigenvalue weighted by atomic mass is 10.1. The Morgan fingerprint density at radius 2 is 2.26 bits per heavy atom. The lowest BCUT2D eigenvalue weighted by Crippen LogP contribution is -2.03. The van der Waals surface area contributed by atoms with Crippen molar-refractivity contribution >= 4 is 45.4 Å². The third kappa shape index (κ3) is 3.95. The summed E-state index contributed by atoms with van der Waals surface area (Å²) >= 11 is 1.53. The van der Waals surface area contributed by atoms with Crippen LogP contribution >= 0.6 is 11.3 Å². The second-order valence-corrected chi connectivity index (χ2v) is 7.21. The molecule has 0 fully saturated rings. The Morgan fingerprint density at radius 1 is 1.33 bits per heavy atom. The van der Waals surface area contributed by atoms with Crippen LogP contribution in [-0.2, 0) is 22.5 Å². The van der Waals surface area contributed by atoms with Crippen molar-refractivity contribution in [3.05, 3.63) is 40.7 Å². The number of ether oxygens (including phenoxy) is 1. The molecule has 0 saturated heterocycles. The van der Waals surface area contributed by atoms with Gasteiger partial charge in [-0.2, -0.15) is 0 Å². The van der Waals surface area contributed by atoms with Crippen molar-refractivity contribution < 1.29 is 9.53 Å². The van der Waals surface area contributed by atoms with Gasteiger partial charge >= 0.3 is 5.97 Å². The first-order chi connectivity index (χ1) is 13.2. The van der Waals surface area contributed by atoms with Crippen LogP contribution in [0.2, 0.25) is 0 Å². The Morgan fingerprint density at radius 3 is 3.15 bits per heavy atom. The number of nitrogens with zero attached hydrogens (tertiary/aromatic N) is 4. The van der Waals surface area contributed by atoms with Crippen LogP contribution < -0.4 is 5.32 Å². The molecule has 4 rings (SSSR count). The monoisotopic (exact) mass is 381 g/mol. The van der Waals surface area contributed by atoms with Crippen LogP contribution in [0.3, 0.4) is 0 Å². The standard InChI is InChI=1S/C19H19N5O2S/c1-2-26-16(25)5-3-4-15-24-17-18(21-11-22-19(17)27-15)23-14-7-6-12-9-20-10-13(12)8-14/h6-8,10-11H,2-5,9H2,1H3,(H,21,22,23). The van der Waals surface area contributed by atoms with Crippen molar-refractivity contribution in [2.45, 2.75) is 32.7 Å². The number of thiazole rings is 1. The zero-order valence-corrected chi connectivity index (χ0v) is 15.8. The Labute approximate surface area is 160 Å². The van der Waals surface area contributed by atoms with E-state index in [4.69, 9.17) is 4.74 Å². The molecule has 27 heavy (non-hydrogen) atoms. The van der Waals surface area contributed by atoms with Gasteiger partial charge in [0.2, 0.25) is 0 Å². The van der Waals surface area contributed by atoms with E-state index in [9.17, 15) is 4.79 Å². The van der Waals surface area contributed by atoms with Gasteiger partial charge in [-0.05, 0) is 43.0 Å². The van der Waals surface area contributed by atoms with E-state index >= 15 is 0 Å². The number of hydrogen-bond acceptors (Lipinski definition) is 8. The molecule has 0 bridgehead atoms. The normalized spacial score (nSPS) is 12.3. The van der Waals surface area contributed by atoms with E-state index in [1.807, 2.05) is 19.2 Å². The lowest BCUT2D eigenvalue weighted by Gasteiger charge is -2.07. The van der Waals surface area contributed by atoms with Crippen LogP contribution in [-0.4, -0.2) is 33.7 Å². The quantitative estimate of drug-likeness (QED) is 0.629. The highest BCUT2D eigenvalue weighted by Gasteiger charge is 2.13. The second-order valence-electron chi connectivity index (χ2n) is 6.15. The summed E-state index contributed by atoms with van der Waals surface area (Å²) in [5.74, 6) is 0.517. The molecule has 0 saturated carbocycles. The van der Waals surface area contributed by atoms with Gasteiger partial charge in [0.1, 0.15) is 16.7 Å². The van der Waals surface area contributed by atoms with E-state index in [1.54, 1.807) is 6.33 Å². The number of carbonyl (C=O) groups is 1. The zero-order valence-electron chi connectivity index (χ0n) is 14.9. The Kier molecular flexibility index (Phi) is 5.06. The SMILES string of the molecule is CCOC(=O)CCCc1nc2c(Nc3ccc4c(c3)C=NC4)ncnc2s1. The van der Waals surface area contributed by atoms with E-state index in [0.29, 0.717) is 31.7 Å². The summed E-state index contributed by atoms with van der Waals surface area (Å²) in [6.45, 7) is 2.97. The highest BCUT2D eigenvalue weighted by Crippen LogP contribution is 2.28. The summed E-state index contributed by atoms with van der Waals surface area (Å²) in [6.07, 6.45) is 5.26. The lowest BCUT2D eigenvalue weighted by molar-refractivity contribution is -0.143. The Bertz CT molecular complexity index is 1010. The molecule has 0 amide bonds. The molecular formula is C19H19N5O2S. The van der Waals surface area contributed by atoms with Crippen LogP contribution in [0.5, 0.6) is 0 Å². The van der Waals surface area contributed by atoms with Gasteiger partial charge in [0.05, 0.1) is 18.2 Å². The van der Waals surface area contributed by atoms with E-state index in [-0.39, 0.29) is 5.97 Å². The summed E-state index contributed by atoms with van der Waals surface area (Å²) < 4.78 is 4.96. The molecule has 7 nitrogen and oxygen atoms in total. The molecule has 0 radical (unpaired) electrons. The molecule has 3 aromatic rings. The number of hydrogen-bond donors (Lipinski definition) is 1. The topological polar surface area (TPSA) is 89.4 Å². The van der Waals surface area contributed by atoms with E-state index < -0.39 is 0 Å². The number of rotatable bonds is 7. The van der Waals surface area contributed by atoms with Gasteiger partial charge < -0.3 is 10.1 Å². The molecule has 1 aliphatic heterocycles. The molecular weight excluding hydrogens is 362 g/mol. The van der Waals surface area contributed by atoms with Gasteiger partial charge in [-0.25, -0.2) is 15.0 Å². The van der Waals surface area contributed by atoms with Crippen LogP contribution in [0.4, 0.5) is 11.5 Å². The fourth-order valence-corrected chi connectivity index (χ4v) is 3.87. The highest BCUT2D eigenvalue weighted by atomic mass is 32.1. The molecule has 0 atom stereocenters. The second kappa shape index (κ2) is 7.79. The molecule has 1 aromatic carbocycles. The third-order valence-corrected chi connectivity index (χ3v) is 5.24. The van der Waals surface area contributed by atoms with Gasteiger partial charge in [-0.1, -0.05) is 17.4 Å². The first-order valence-electron chi connectivity index (χ1n) is 8.88. The van der Waals surface area contributed by atoms with Crippen LogP contribution in [0, 0.1) is 0 Å². The fourth-order valence-electron chi connectivity index (χ4n) is 2.93. The molecule has 1 aliphatic rings. The van der Waals surface area contributed by atoms with E-state index in [0.717, 1.165) is 33.2 Å². The average molecular weight is 381 g/mol. The Hall–Kier alpha value is -2.87. The number of anilines is 2. The molecule has 3 heterocycles. The number of carbonyl (C=O) groups excluding carboxylic acids is 1. The molecule has 0 spiro atoms. The zero-order chi connectivity index (χ0) is 18.6. The number of aromatic nitrogens is 3. The number of aliphatic imine (C=N–C) groups is 1. The number of aryl methyl sites for hydroxylation is 1. The number of fused-ring (bicyclic) bond motifs is 2. The molecule has 0 unspecified atom stereocenters. The maximum atomic E-state index is 11.5. The molecule has 8 heteroatoms. The number of esters is 1. The minimum absolute atomic E-state index is 0.166. The minimum Gasteiger partial charge on any atom is -0.466 e. The summed E-state index contributed by atoms with van der Waals surface area (Å²) in [7, 11) is 0. The van der Waals surface area contributed by atoms with Gasteiger partial charge in [0.25, 0.3) is 0 Å². The summed E-state index contributed by atoms with van der Waals surface area (Å²) in [5.41, 5.74) is 4.05. The molecule has 2 aromatic heterocycles. The van der Waals surface area contributed by atoms with Crippen LogP contribution in [0.15, 0.2) is 29.5 Å². The fraction of sp³-hybridized carbons (Fsp3) is 0.316. The first kappa shape index (κ1) is 17.5. The Balaban J connectivity index is 1.49. The molecule has 1 N–H and O–H groups in total. The summed E-state index contributed by atoms with van der Waals surface area (Å²) in [6, 6.07) is 6.16. The largest absolute Gasteiger partial charge is 0.466 e. The van der Waals surface area contributed by atoms with Gasteiger partial charge in [0, 0.05) is 18.3 Å². The minimum atomic E-state index is -0.166. The number of benzene rings is 1. The summed E-state index contributed by atoms with van der Waals surface area (Å²) in [5, 5.41) is 4.28. The molecule has 138 valence electrons. The maximum absolute atomic E-state index is 11.5. The van der Waals surface area contributed by atoms with Crippen molar-refractivity contribution in [2.75, 3.05) is 11.9 Å². The van der Waals surface area contributed by atoms with Gasteiger partial charge in [-0.15, -0.1) is 0 Å². The average Bonchev–Trinajstić information content (AvgIpc) is 3.28. The van der Waals surface area contributed by atoms with E-state index in [2.05, 4.69) is 37.4 Å². The van der Waals surface area contributed by atoms with Crippen LogP contribution in [0.25, 0.3) is 10.3 Å². The van der Waals surface area contributed by atoms with Crippen molar-refractivity contribution in [1.82, 2.24) is 15.0 Å². The highest BCUT2D eigenvalue weighted by molar-refractivity contribution is 7.18. The predicted molar refractivity (Wildman–Crippen MR) is 106 cm³/mol. The van der Waals surface area contributed by atoms with Gasteiger partial charge in [0.15, 0.2) is 5.82 Å². The van der Waals surface area contributed by atoms with Crippen LogP contribution in [0.1, 0.15) is 35.9 Å². The number of nitrogens with one attached hydrogen (secondary N) is 1. The van der Waals surface area contributed by atoms with Gasteiger partial charge in [-0.3, -0.25) is 9.79 Å². The maximum Gasteiger partial charge on any atom is 0.305 e. The molecule has 0 aliphatic carbocycles. The van der Waals surface area contributed by atoms with E-state index in [1.165, 1.54) is 16.9 Å². The predicted octanol–water partition coefficient (Wildman–Crippen LogP) is 3.65. The summed E-state index contributed by atoms with van der Waals surface area (Å²) in [4.78, 5) is 29.9. The third-order valence-electron chi connectivity index (χ3n) is 4.22. The van der Waals surface area contributed by atoms with Crippen molar-refractivity contribution in [1.29, 1.82) is 0 Å². The van der Waals surface area contributed by atoms with Crippen molar-refractivity contribution in [2.24, 2.45) is 4.99 Å². The van der Waals surface area contributed by atoms with Crippen molar-refractivity contribution in [3.8, 4) is 0 Å².